The summed E-state index contributed by atoms with van der Waals surface area (Å²) in [6.45, 7) is 3.82. The van der Waals surface area contributed by atoms with E-state index in [-0.39, 0.29) is 6.04 Å². The number of pyridine rings is 1. The Balaban J connectivity index is 2.90. The van der Waals surface area contributed by atoms with E-state index in [0.29, 0.717) is 5.15 Å². The highest BCUT2D eigenvalue weighted by Gasteiger charge is 1.97. The molecule has 1 aromatic heterocycles. The highest BCUT2D eigenvalue weighted by molar-refractivity contribution is 6.30. The molecule has 13 heavy (non-hydrogen) atoms. The molecule has 70 valence electrons. The van der Waals surface area contributed by atoms with E-state index in [2.05, 4.69) is 4.98 Å². The Labute approximate surface area is 83.4 Å². The number of aryl methyl sites for hydroxylation is 1. The van der Waals surface area contributed by atoms with Gasteiger partial charge in [0, 0.05) is 17.3 Å². The van der Waals surface area contributed by atoms with E-state index in [4.69, 9.17) is 17.3 Å². The van der Waals surface area contributed by atoms with Gasteiger partial charge < -0.3 is 5.73 Å². The lowest BCUT2D eigenvalue weighted by molar-refractivity contribution is 0.930. The van der Waals surface area contributed by atoms with Gasteiger partial charge in [-0.2, -0.15) is 0 Å². The molecule has 0 amide bonds. The van der Waals surface area contributed by atoms with Crippen LogP contribution in [0.15, 0.2) is 18.2 Å². The normalized spacial score (nSPS) is 13.5. The third-order valence-corrected chi connectivity index (χ3v) is 1.90. The topological polar surface area (TPSA) is 38.9 Å². The van der Waals surface area contributed by atoms with Crippen molar-refractivity contribution in [3.63, 3.8) is 0 Å². The van der Waals surface area contributed by atoms with Gasteiger partial charge in [-0.3, -0.25) is 0 Å². The molecular weight excluding hydrogens is 184 g/mol. The first-order valence-corrected chi connectivity index (χ1v) is 4.54. The van der Waals surface area contributed by atoms with Gasteiger partial charge in [0.05, 0.1) is 0 Å². The van der Waals surface area contributed by atoms with Crippen LogP contribution in [-0.2, 0) is 0 Å². The minimum absolute atomic E-state index is 0.0392. The van der Waals surface area contributed by atoms with Gasteiger partial charge in [0.2, 0.25) is 0 Å². The van der Waals surface area contributed by atoms with Crippen LogP contribution in [0.1, 0.15) is 18.2 Å². The monoisotopic (exact) mass is 196 g/mol. The lowest BCUT2D eigenvalue weighted by atomic mass is 10.2. The van der Waals surface area contributed by atoms with Gasteiger partial charge in [0.25, 0.3) is 0 Å². The number of nitrogens with two attached hydrogens (primary N) is 1. The summed E-state index contributed by atoms with van der Waals surface area (Å²) in [6, 6.07) is 3.90. The van der Waals surface area contributed by atoms with Crippen molar-refractivity contribution in [2.45, 2.75) is 19.9 Å². The van der Waals surface area contributed by atoms with Crippen molar-refractivity contribution in [3.8, 4) is 0 Å². The summed E-state index contributed by atoms with van der Waals surface area (Å²) >= 11 is 5.91. The molecule has 1 heterocycles. The van der Waals surface area contributed by atoms with Crippen LogP contribution in [0.4, 0.5) is 0 Å². The van der Waals surface area contributed by atoms with Crippen LogP contribution in [0.2, 0.25) is 5.15 Å². The number of nitrogens with zero attached hydrogens (tertiary/aromatic N) is 1. The minimum atomic E-state index is 0.0392. The SMILES string of the molecule is Cc1ccc(/C=C/C(C)N)c(Cl)n1. The average Bonchev–Trinajstić information content (AvgIpc) is 2.02. The maximum absolute atomic E-state index is 5.91. The van der Waals surface area contributed by atoms with Crippen molar-refractivity contribution in [2.75, 3.05) is 0 Å². The summed E-state index contributed by atoms with van der Waals surface area (Å²) < 4.78 is 0. The van der Waals surface area contributed by atoms with E-state index in [1.54, 1.807) is 0 Å². The molecule has 1 unspecified atom stereocenters. The van der Waals surface area contributed by atoms with Crippen LogP contribution >= 0.6 is 11.6 Å². The fourth-order valence-electron chi connectivity index (χ4n) is 0.916. The molecule has 0 aliphatic carbocycles. The Kier molecular flexibility index (Phi) is 3.46. The Hall–Kier alpha value is -0.860. The van der Waals surface area contributed by atoms with Gasteiger partial charge in [-0.1, -0.05) is 29.8 Å². The zero-order chi connectivity index (χ0) is 9.84. The van der Waals surface area contributed by atoms with Crippen LogP contribution in [0.5, 0.6) is 0 Å². The lowest BCUT2D eigenvalue weighted by Crippen LogP contribution is -2.09. The van der Waals surface area contributed by atoms with Crippen molar-refractivity contribution in [1.82, 2.24) is 4.98 Å². The maximum Gasteiger partial charge on any atom is 0.136 e. The summed E-state index contributed by atoms with van der Waals surface area (Å²) in [5.74, 6) is 0. The van der Waals surface area contributed by atoms with Crippen LogP contribution < -0.4 is 5.73 Å². The first-order valence-electron chi connectivity index (χ1n) is 4.16. The van der Waals surface area contributed by atoms with E-state index in [1.165, 1.54) is 0 Å². The Bertz CT molecular complexity index is 319. The molecule has 0 aliphatic rings. The van der Waals surface area contributed by atoms with E-state index in [9.17, 15) is 0 Å². The molecule has 3 heteroatoms. The number of aromatic nitrogens is 1. The molecular formula is C10H13ClN2. The van der Waals surface area contributed by atoms with E-state index in [1.807, 2.05) is 38.1 Å². The van der Waals surface area contributed by atoms with Crippen LogP contribution in [0.3, 0.4) is 0 Å². The van der Waals surface area contributed by atoms with Crippen LogP contribution in [0, 0.1) is 6.92 Å². The van der Waals surface area contributed by atoms with Crippen molar-refractivity contribution in [2.24, 2.45) is 5.73 Å². The summed E-state index contributed by atoms with van der Waals surface area (Å²) in [5, 5.41) is 0.525. The first-order chi connectivity index (χ1) is 6.09. The second kappa shape index (κ2) is 4.40. The van der Waals surface area contributed by atoms with E-state index < -0.39 is 0 Å². The smallest absolute Gasteiger partial charge is 0.136 e. The summed E-state index contributed by atoms with van der Waals surface area (Å²) in [6.07, 6.45) is 3.78. The Morgan fingerprint density at radius 2 is 2.23 bits per heavy atom. The minimum Gasteiger partial charge on any atom is -0.325 e. The molecule has 2 nitrogen and oxygen atoms in total. The largest absolute Gasteiger partial charge is 0.325 e. The van der Waals surface area contributed by atoms with Crippen LogP contribution in [-0.4, -0.2) is 11.0 Å². The van der Waals surface area contributed by atoms with Gasteiger partial charge in [0.15, 0.2) is 0 Å². The molecule has 0 aromatic carbocycles. The molecule has 1 atom stereocenters. The molecule has 0 spiro atoms. The van der Waals surface area contributed by atoms with Gasteiger partial charge >= 0.3 is 0 Å². The Morgan fingerprint density at radius 1 is 1.54 bits per heavy atom. The van der Waals surface area contributed by atoms with Crippen molar-refractivity contribution < 1.29 is 0 Å². The average molecular weight is 197 g/mol. The second-order valence-electron chi connectivity index (χ2n) is 3.05. The number of halogens is 1. The predicted octanol–water partition coefficient (Wildman–Crippen LogP) is 2.40. The number of hydrogen-bond donors (Lipinski definition) is 1. The molecule has 0 bridgehead atoms. The predicted molar refractivity (Wildman–Crippen MR) is 56.7 cm³/mol. The molecule has 1 rings (SSSR count). The zero-order valence-electron chi connectivity index (χ0n) is 7.79. The molecule has 0 aliphatic heterocycles. The van der Waals surface area contributed by atoms with Gasteiger partial charge in [0.1, 0.15) is 5.15 Å². The summed E-state index contributed by atoms with van der Waals surface area (Å²) in [4.78, 5) is 4.12. The van der Waals surface area contributed by atoms with Crippen molar-refractivity contribution in [1.29, 1.82) is 0 Å². The highest BCUT2D eigenvalue weighted by Crippen LogP contribution is 2.15. The molecule has 0 fully saturated rings. The van der Waals surface area contributed by atoms with Gasteiger partial charge in [-0.15, -0.1) is 0 Å². The fourth-order valence-corrected chi connectivity index (χ4v) is 1.17. The highest BCUT2D eigenvalue weighted by atomic mass is 35.5. The third-order valence-electron chi connectivity index (χ3n) is 1.60. The first kappa shape index (κ1) is 10.2. The zero-order valence-corrected chi connectivity index (χ0v) is 8.55. The molecule has 0 radical (unpaired) electrons. The van der Waals surface area contributed by atoms with Crippen LogP contribution in [0.25, 0.3) is 6.08 Å². The van der Waals surface area contributed by atoms with Gasteiger partial charge in [-0.25, -0.2) is 4.98 Å². The maximum atomic E-state index is 5.91. The molecule has 1 aromatic rings. The summed E-state index contributed by atoms with van der Waals surface area (Å²) in [7, 11) is 0. The molecule has 2 N–H and O–H groups in total. The second-order valence-corrected chi connectivity index (χ2v) is 3.41. The Morgan fingerprint density at radius 3 is 2.77 bits per heavy atom. The van der Waals surface area contributed by atoms with Gasteiger partial charge in [-0.05, 0) is 19.9 Å². The number of rotatable bonds is 2. The quantitative estimate of drug-likeness (QED) is 0.738. The van der Waals surface area contributed by atoms with Crippen molar-refractivity contribution >= 4 is 17.7 Å². The lowest BCUT2D eigenvalue weighted by Gasteiger charge is -1.99. The van der Waals surface area contributed by atoms with Crippen molar-refractivity contribution in [3.05, 3.63) is 34.6 Å². The molecule has 0 saturated carbocycles. The third kappa shape index (κ3) is 3.17. The number of hydrogen-bond acceptors (Lipinski definition) is 2. The summed E-state index contributed by atoms with van der Waals surface area (Å²) in [5.41, 5.74) is 7.40. The van der Waals surface area contributed by atoms with E-state index >= 15 is 0 Å². The van der Waals surface area contributed by atoms with E-state index in [0.717, 1.165) is 11.3 Å². The fraction of sp³-hybridized carbons (Fsp3) is 0.300. The standard InChI is InChI=1S/C10H13ClN2/c1-7(12)3-5-9-6-4-8(2)13-10(9)11/h3-7H,12H2,1-2H3/b5-3+. The molecule has 0 saturated heterocycles.